The molecule has 34 heavy (non-hydrogen) atoms. The van der Waals surface area contributed by atoms with Crippen molar-refractivity contribution in [2.24, 2.45) is 5.92 Å². The van der Waals surface area contributed by atoms with E-state index in [1.54, 1.807) is 19.9 Å². The second-order valence-electron chi connectivity index (χ2n) is 8.91. The van der Waals surface area contributed by atoms with Crippen LogP contribution < -0.4 is 0 Å². The van der Waals surface area contributed by atoms with Gasteiger partial charge in [-0.1, -0.05) is 13.8 Å². The Morgan fingerprint density at radius 2 is 1.97 bits per heavy atom. The predicted molar refractivity (Wildman–Crippen MR) is 124 cm³/mol. The number of amides is 2. The van der Waals surface area contributed by atoms with Gasteiger partial charge >= 0.3 is 12.1 Å². The zero-order valence-corrected chi connectivity index (χ0v) is 22.0. The number of aryl methyl sites for hydroxylation is 1. The molecule has 192 valence electrons. The number of rotatable bonds is 12. The van der Waals surface area contributed by atoms with E-state index in [4.69, 9.17) is 28.5 Å². The number of furan rings is 1. The Morgan fingerprint density at radius 1 is 1.29 bits per heavy atom. The summed E-state index contributed by atoms with van der Waals surface area (Å²) in [6.07, 6.45) is -2.21. The smallest absolute Gasteiger partial charge is 0.417 e. The molecule has 0 saturated carbocycles. The van der Waals surface area contributed by atoms with Crippen molar-refractivity contribution in [3.63, 3.8) is 0 Å². The second-order valence-corrected chi connectivity index (χ2v) is 9.77. The molecule has 1 aliphatic heterocycles. The number of cyclic esters (lactones) is 1. The van der Waals surface area contributed by atoms with Gasteiger partial charge in [0.15, 0.2) is 12.2 Å². The maximum absolute atomic E-state index is 13.6. The molecule has 0 bridgehead atoms. The van der Waals surface area contributed by atoms with Crippen molar-refractivity contribution in [2.45, 2.75) is 71.3 Å². The molecule has 11 heteroatoms. The molecule has 1 fully saturated rings. The van der Waals surface area contributed by atoms with Crippen LogP contribution in [0.3, 0.4) is 0 Å². The summed E-state index contributed by atoms with van der Waals surface area (Å²) >= 11 is 3.44. The average Bonchev–Trinajstić information content (AvgIpc) is 3.22. The molecule has 0 aliphatic carbocycles. The number of halogens is 1. The first-order valence-electron chi connectivity index (χ1n) is 11.2. The van der Waals surface area contributed by atoms with Crippen LogP contribution in [0.4, 0.5) is 4.79 Å². The zero-order chi connectivity index (χ0) is 25.6. The Labute approximate surface area is 208 Å². The van der Waals surface area contributed by atoms with Crippen molar-refractivity contribution >= 4 is 33.9 Å². The summed E-state index contributed by atoms with van der Waals surface area (Å²) < 4.78 is 28.2. The van der Waals surface area contributed by atoms with Crippen LogP contribution in [0.2, 0.25) is 0 Å². The number of methoxy groups -OCH3 is 1. The molecule has 1 saturated heterocycles. The van der Waals surface area contributed by atoms with Crippen molar-refractivity contribution in [1.82, 2.24) is 4.90 Å². The summed E-state index contributed by atoms with van der Waals surface area (Å²) in [6.45, 7) is 9.11. The number of carbonyl (C=O) groups is 3. The molecule has 2 heterocycles. The first-order chi connectivity index (χ1) is 15.9. The highest BCUT2D eigenvalue weighted by molar-refractivity contribution is 9.10. The van der Waals surface area contributed by atoms with Crippen molar-refractivity contribution in [3.8, 4) is 0 Å². The molecule has 0 radical (unpaired) electrons. The molecule has 2 amide bonds. The highest BCUT2D eigenvalue weighted by Crippen LogP contribution is 2.37. The van der Waals surface area contributed by atoms with Crippen molar-refractivity contribution in [3.05, 3.63) is 22.1 Å². The van der Waals surface area contributed by atoms with E-state index in [1.165, 1.54) is 14.0 Å². The molecule has 1 aromatic rings. The summed E-state index contributed by atoms with van der Waals surface area (Å²) in [4.78, 5) is 39.2. The number of esters is 1. The minimum atomic E-state index is -1.34. The molecule has 1 aromatic heterocycles. The number of hydrogen-bond donors (Lipinski definition) is 1. The predicted octanol–water partition coefficient (Wildman–Crippen LogP) is 3.38. The zero-order valence-electron chi connectivity index (χ0n) is 20.5. The van der Waals surface area contributed by atoms with Crippen LogP contribution in [0, 0.1) is 5.92 Å². The van der Waals surface area contributed by atoms with Crippen LogP contribution in [0.5, 0.6) is 0 Å². The molecule has 10 nitrogen and oxygen atoms in total. The first kappa shape index (κ1) is 28.3. The van der Waals surface area contributed by atoms with Crippen LogP contribution in [0.15, 0.2) is 15.0 Å². The largest absolute Gasteiger partial charge is 0.461 e. The van der Waals surface area contributed by atoms with E-state index in [0.29, 0.717) is 29.7 Å². The highest BCUT2D eigenvalue weighted by atomic mass is 79.9. The summed E-state index contributed by atoms with van der Waals surface area (Å²) in [5.41, 5.74) is -0.894. The van der Waals surface area contributed by atoms with Crippen molar-refractivity contribution < 1.29 is 42.9 Å². The molecule has 1 N–H and O–H groups in total. The van der Waals surface area contributed by atoms with E-state index in [2.05, 4.69) is 15.9 Å². The third kappa shape index (κ3) is 6.59. The molecular weight excluding hydrogens is 514 g/mol. The quantitative estimate of drug-likeness (QED) is 0.309. The first-order valence-corrected chi connectivity index (χ1v) is 12.0. The van der Waals surface area contributed by atoms with Crippen LogP contribution >= 0.6 is 15.9 Å². The van der Waals surface area contributed by atoms with Crippen molar-refractivity contribution in [1.29, 1.82) is 0 Å². The van der Waals surface area contributed by atoms with Crippen LogP contribution in [-0.4, -0.2) is 72.7 Å². The molecule has 1 aliphatic rings. The molecular formula is C23H34BrNO9. The topological polar surface area (TPSA) is 125 Å². The minimum Gasteiger partial charge on any atom is -0.461 e. The lowest BCUT2D eigenvalue weighted by atomic mass is 9.88. The van der Waals surface area contributed by atoms with Gasteiger partial charge in [0.25, 0.3) is 5.91 Å². The number of aliphatic hydroxyl groups excluding tert-OH is 1. The monoisotopic (exact) mass is 547 g/mol. The summed E-state index contributed by atoms with van der Waals surface area (Å²) in [7, 11) is 1.30. The van der Waals surface area contributed by atoms with E-state index in [0.717, 1.165) is 4.90 Å². The van der Waals surface area contributed by atoms with E-state index in [-0.39, 0.29) is 24.9 Å². The Kier molecular flexibility index (Phi) is 10.1. The average molecular weight is 548 g/mol. The van der Waals surface area contributed by atoms with Crippen LogP contribution in [0.25, 0.3) is 0 Å². The summed E-state index contributed by atoms with van der Waals surface area (Å²) in [5, 5.41) is 8.79. The van der Waals surface area contributed by atoms with Crippen LogP contribution in [-0.2, 0) is 35.0 Å². The summed E-state index contributed by atoms with van der Waals surface area (Å²) in [5.74, 6) is -0.650. The van der Waals surface area contributed by atoms with Gasteiger partial charge in [0.2, 0.25) is 0 Å². The van der Waals surface area contributed by atoms with Crippen LogP contribution in [0.1, 0.15) is 58.7 Å². The third-order valence-corrected chi connectivity index (χ3v) is 6.13. The Bertz CT molecular complexity index is 867. The van der Waals surface area contributed by atoms with Gasteiger partial charge in [-0.05, 0) is 48.2 Å². The molecule has 2 rings (SSSR count). The standard InChI is InChI=1S/C23H34BrNO9/c1-13(2)20-23(4,5)34-22(29)25(20)21(28)19(30-6)18(32-14(3)27)17-12-15(24)16(33-17)8-7-10-31-11-9-26/h12-13,18-20,26H,7-11H2,1-6H3/t18-,19+,20+/m0/s1. The Balaban J connectivity index is 2.32. The number of aliphatic hydroxyl groups is 1. The number of imide groups is 1. The SMILES string of the molecule is CO[C@@H](C(=O)N1C(=O)OC(C)(C)[C@H]1C(C)C)[C@@H](OC(C)=O)c1cc(Br)c(CCCOCCO)o1. The van der Waals surface area contributed by atoms with Gasteiger partial charge in [0.1, 0.15) is 17.1 Å². The van der Waals surface area contributed by atoms with E-state index >= 15 is 0 Å². The molecule has 0 aromatic carbocycles. The lowest BCUT2D eigenvalue weighted by Gasteiger charge is -2.33. The van der Waals surface area contributed by atoms with E-state index in [9.17, 15) is 14.4 Å². The molecule has 0 unspecified atom stereocenters. The van der Waals surface area contributed by atoms with Gasteiger partial charge in [-0.3, -0.25) is 9.59 Å². The normalized spacial score (nSPS) is 19.3. The van der Waals surface area contributed by atoms with Crippen molar-refractivity contribution in [2.75, 3.05) is 26.9 Å². The van der Waals surface area contributed by atoms with Gasteiger partial charge in [0, 0.05) is 27.1 Å². The van der Waals surface area contributed by atoms with E-state index < -0.39 is 41.8 Å². The van der Waals surface area contributed by atoms with Gasteiger partial charge in [0.05, 0.1) is 23.7 Å². The number of carbonyl (C=O) groups excluding carboxylic acids is 3. The number of hydrogen-bond acceptors (Lipinski definition) is 9. The fraction of sp³-hybridized carbons (Fsp3) is 0.696. The fourth-order valence-electron chi connectivity index (χ4n) is 4.26. The minimum absolute atomic E-state index is 0.0511. The van der Waals surface area contributed by atoms with Gasteiger partial charge in [-0.2, -0.15) is 0 Å². The van der Waals surface area contributed by atoms with Gasteiger partial charge < -0.3 is 28.5 Å². The summed E-state index contributed by atoms with van der Waals surface area (Å²) in [6, 6.07) is 1.07. The number of ether oxygens (including phenoxy) is 4. The second kappa shape index (κ2) is 12.1. The third-order valence-electron chi connectivity index (χ3n) is 5.46. The maximum Gasteiger partial charge on any atom is 0.417 e. The van der Waals surface area contributed by atoms with Gasteiger partial charge in [-0.25, -0.2) is 9.69 Å². The fourth-order valence-corrected chi connectivity index (χ4v) is 4.77. The lowest BCUT2D eigenvalue weighted by Crippen LogP contribution is -2.52. The molecule has 0 spiro atoms. The Hall–Kier alpha value is -1.95. The van der Waals surface area contributed by atoms with E-state index in [1.807, 2.05) is 13.8 Å². The maximum atomic E-state index is 13.6. The Morgan fingerprint density at radius 3 is 2.53 bits per heavy atom. The lowest BCUT2D eigenvalue weighted by molar-refractivity contribution is -0.165. The molecule has 3 atom stereocenters. The number of nitrogens with zero attached hydrogens (tertiary/aromatic N) is 1. The highest BCUT2D eigenvalue weighted by Gasteiger charge is 2.54. The van der Waals surface area contributed by atoms with Gasteiger partial charge in [-0.15, -0.1) is 0 Å².